The van der Waals surface area contributed by atoms with Crippen LogP contribution in [0, 0.1) is 11.3 Å². The molecule has 0 fully saturated rings. The monoisotopic (exact) mass is 516 g/mol. The zero-order valence-corrected chi connectivity index (χ0v) is 20.9. The van der Waals surface area contributed by atoms with Crippen molar-refractivity contribution in [2.75, 3.05) is 11.9 Å². The Morgan fingerprint density at radius 3 is 2.50 bits per heavy atom. The summed E-state index contributed by atoms with van der Waals surface area (Å²) in [6, 6.07) is 25.7. The lowest BCUT2D eigenvalue weighted by Gasteiger charge is -2.12. The predicted octanol–water partition coefficient (Wildman–Crippen LogP) is 7.67. The molecule has 0 aromatic heterocycles. The van der Waals surface area contributed by atoms with E-state index in [9.17, 15) is 10.1 Å². The Morgan fingerprint density at radius 2 is 1.78 bits per heavy atom. The summed E-state index contributed by atoms with van der Waals surface area (Å²) >= 11 is 12.1. The molecule has 4 aromatic rings. The highest BCUT2D eigenvalue weighted by Crippen LogP contribution is 2.31. The highest BCUT2D eigenvalue weighted by atomic mass is 35.5. The van der Waals surface area contributed by atoms with Crippen molar-refractivity contribution in [3.63, 3.8) is 0 Å². The third kappa shape index (κ3) is 5.98. The molecule has 1 N–H and O–H groups in total. The second-order valence-electron chi connectivity index (χ2n) is 7.80. The van der Waals surface area contributed by atoms with Crippen LogP contribution in [0.25, 0.3) is 16.8 Å². The highest BCUT2D eigenvalue weighted by Gasteiger charge is 2.14. The van der Waals surface area contributed by atoms with Crippen LogP contribution in [0.15, 0.2) is 84.4 Å². The van der Waals surface area contributed by atoms with E-state index in [0.29, 0.717) is 39.4 Å². The van der Waals surface area contributed by atoms with Gasteiger partial charge in [-0.2, -0.15) is 5.26 Å². The van der Waals surface area contributed by atoms with Gasteiger partial charge in [-0.25, -0.2) is 0 Å². The number of nitriles is 1. The maximum atomic E-state index is 12.9. The van der Waals surface area contributed by atoms with E-state index in [2.05, 4.69) is 5.32 Å². The van der Waals surface area contributed by atoms with Gasteiger partial charge in [0.25, 0.3) is 5.91 Å². The van der Waals surface area contributed by atoms with Gasteiger partial charge in [0.05, 0.1) is 6.61 Å². The molecule has 180 valence electrons. The van der Waals surface area contributed by atoms with Gasteiger partial charge in [0.2, 0.25) is 0 Å². The largest absolute Gasteiger partial charge is 0.493 e. The van der Waals surface area contributed by atoms with Crippen molar-refractivity contribution >= 4 is 51.6 Å². The normalized spacial score (nSPS) is 11.1. The summed E-state index contributed by atoms with van der Waals surface area (Å²) in [6.45, 7) is 2.63. The van der Waals surface area contributed by atoms with E-state index < -0.39 is 5.91 Å². The molecule has 0 saturated heterocycles. The van der Waals surface area contributed by atoms with Crippen LogP contribution in [0.5, 0.6) is 11.5 Å². The zero-order valence-electron chi connectivity index (χ0n) is 19.4. The number of fused-ring (bicyclic) bond motifs is 1. The summed E-state index contributed by atoms with van der Waals surface area (Å²) in [7, 11) is 0. The fourth-order valence-corrected chi connectivity index (χ4v) is 4.09. The van der Waals surface area contributed by atoms with E-state index in [4.69, 9.17) is 32.7 Å². The van der Waals surface area contributed by atoms with Crippen LogP contribution in [0.3, 0.4) is 0 Å². The summed E-state index contributed by atoms with van der Waals surface area (Å²) in [5.74, 6) is 0.695. The molecule has 0 aliphatic rings. The van der Waals surface area contributed by atoms with Crippen LogP contribution in [0.4, 0.5) is 5.69 Å². The molecule has 0 saturated carbocycles. The SMILES string of the molecule is CCOc1ccc2ccccc2c1/C=C(\C#N)C(=O)Nc1ccc(OCc2ccc(Cl)cc2Cl)cc1. The van der Waals surface area contributed by atoms with Gasteiger partial charge in [-0.05, 0) is 66.2 Å². The fourth-order valence-electron chi connectivity index (χ4n) is 3.63. The molecular weight excluding hydrogens is 495 g/mol. The van der Waals surface area contributed by atoms with E-state index in [0.717, 1.165) is 16.3 Å². The Kier molecular flexibility index (Phi) is 8.12. The molecule has 0 unspecified atom stereocenters. The molecule has 0 spiro atoms. The molecule has 4 rings (SSSR count). The average Bonchev–Trinajstić information content (AvgIpc) is 2.88. The minimum absolute atomic E-state index is 0.0370. The number of ether oxygens (including phenoxy) is 2. The number of halogens is 2. The summed E-state index contributed by atoms with van der Waals surface area (Å²) < 4.78 is 11.5. The first kappa shape index (κ1) is 25.1. The van der Waals surface area contributed by atoms with E-state index in [-0.39, 0.29) is 12.2 Å². The predicted molar refractivity (Wildman–Crippen MR) is 145 cm³/mol. The molecule has 0 radical (unpaired) electrons. The van der Waals surface area contributed by atoms with Crippen LogP contribution in [-0.2, 0) is 11.4 Å². The van der Waals surface area contributed by atoms with Gasteiger partial charge < -0.3 is 14.8 Å². The lowest BCUT2D eigenvalue weighted by Crippen LogP contribution is -2.13. The van der Waals surface area contributed by atoms with Crippen LogP contribution in [0.1, 0.15) is 18.1 Å². The third-order valence-corrected chi connectivity index (χ3v) is 5.99. The van der Waals surface area contributed by atoms with Crippen LogP contribution in [0.2, 0.25) is 10.0 Å². The second-order valence-corrected chi connectivity index (χ2v) is 8.65. The van der Waals surface area contributed by atoms with Gasteiger partial charge in [-0.3, -0.25) is 4.79 Å². The number of benzene rings is 4. The van der Waals surface area contributed by atoms with E-state index in [1.807, 2.05) is 55.5 Å². The Balaban J connectivity index is 1.50. The molecule has 0 heterocycles. The van der Waals surface area contributed by atoms with E-state index in [1.165, 1.54) is 0 Å². The second kappa shape index (κ2) is 11.6. The van der Waals surface area contributed by atoms with Crippen molar-refractivity contribution in [3.8, 4) is 17.6 Å². The quantitative estimate of drug-likeness (QED) is 0.192. The number of rotatable bonds is 8. The Morgan fingerprint density at radius 1 is 1.00 bits per heavy atom. The number of anilines is 1. The summed E-state index contributed by atoms with van der Waals surface area (Å²) in [6.07, 6.45) is 1.57. The van der Waals surface area contributed by atoms with Crippen molar-refractivity contribution in [3.05, 3.63) is 106 Å². The smallest absolute Gasteiger partial charge is 0.266 e. The number of carbonyl (C=O) groups is 1. The number of amides is 1. The van der Waals surface area contributed by atoms with Gasteiger partial charge >= 0.3 is 0 Å². The molecule has 36 heavy (non-hydrogen) atoms. The summed E-state index contributed by atoms with van der Waals surface area (Å²) in [5, 5.41) is 15.5. The number of hydrogen-bond acceptors (Lipinski definition) is 4. The summed E-state index contributed by atoms with van der Waals surface area (Å²) in [5.41, 5.74) is 1.99. The maximum absolute atomic E-state index is 12.9. The first-order valence-electron chi connectivity index (χ1n) is 11.2. The lowest BCUT2D eigenvalue weighted by molar-refractivity contribution is -0.112. The van der Waals surface area contributed by atoms with Crippen LogP contribution in [-0.4, -0.2) is 12.5 Å². The molecule has 0 atom stereocenters. The fraction of sp³-hybridized carbons (Fsp3) is 0.103. The first-order chi connectivity index (χ1) is 17.5. The third-order valence-electron chi connectivity index (χ3n) is 5.41. The van der Waals surface area contributed by atoms with Crippen molar-refractivity contribution < 1.29 is 14.3 Å². The van der Waals surface area contributed by atoms with Gasteiger partial charge in [-0.1, -0.05) is 59.6 Å². The first-order valence-corrected chi connectivity index (χ1v) is 12.0. The zero-order chi connectivity index (χ0) is 25.5. The van der Waals surface area contributed by atoms with Crippen molar-refractivity contribution in [2.45, 2.75) is 13.5 Å². The average molecular weight is 517 g/mol. The van der Waals surface area contributed by atoms with E-state index in [1.54, 1.807) is 42.5 Å². The molecule has 0 aliphatic carbocycles. The van der Waals surface area contributed by atoms with Gasteiger partial charge in [0, 0.05) is 26.9 Å². The van der Waals surface area contributed by atoms with Gasteiger partial charge in [0.15, 0.2) is 0 Å². The molecule has 5 nitrogen and oxygen atoms in total. The summed E-state index contributed by atoms with van der Waals surface area (Å²) in [4.78, 5) is 12.9. The lowest BCUT2D eigenvalue weighted by atomic mass is 10.0. The molecule has 0 aliphatic heterocycles. The number of carbonyl (C=O) groups excluding carboxylic acids is 1. The van der Waals surface area contributed by atoms with Crippen LogP contribution < -0.4 is 14.8 Å². The Hall–Kier alpha value is -3.98. The van der Waals surface area contributed by atoms with E-state index >= 15 is 0 Å². The standard InChI is InChI=1S/C29H22Cl2N2O3/c1-2-35-28-14-8-19-5-3-4-6-25(19)26(28)15-21(17-32)29(34)33-23-10-12-24(13-11-23)36-18-20-7-9-22(30)16-27(20)31/h3-16H,2,18H2,1H3,(H,33,34)/b21-15+. The number of nitrogens with zero attached hydrogens (tertiary/aromatic N) is 1. The topological polar surface area (TPSA) is 71.3 Å². The Bertz CT molecular complexity index is 1470. The van der Waals surface area contributed by atoms with Crippen molar-refractivity contribution in [1.82, 2.24) is 0 Å². The van der Waals surface area contributed by atoms with Gasteiger partial charge in [0.1, 0.15) is 29.7 Å². The Labute approximate surface area is 219 Å². The molecule has 4 aromatic carbocycles. The molecular formula is C29H22Cl2N2O3. The van der Waals surface area contributed by atoms with Crippen molar-refractivity contribution in [1.29, 1.82) is 5.26 Å². The van der Waals surface area contributed by atoms with Crippen LogP contribution >= 0.6 is 23.2 Å². The van der Waals surface area contributed by atoms with Gasteiger partial charge in [-0.15, -0.1) is 0 Å². The number of nitrogens with one attached hydrogen (secondary N) is 1. The van der Waals surface area contributed by atoms with Crippen molar-refractivity contribution in [2.24, 2.45) is 0 Å². The molecule has 0 bridgehead atoms. The number of hydrogen-bond donors (Lipinski definition) is 1. The minimum Gasteiger partial charge on any atom is -0.493 e. The molecule has 7 heteroatoms. The highest BCUT2D eigenvalue weighted by molar-refractivity contribution is 6.35. The minimum atomic E-state index is -0.519. The maximum Gasteiger partial charge on any atom is 0.266 e. The molecule has 1 amide bonds.